The standard InChI is InChI=1S/C34H49N7O9.C33H47N7O10.CH4.2Gd/c1-2-26-5-3-25-4-6-27(21-28(25)35-26)39-17-19-41(20-18-39)30(42)8-7-29(34(49)50)40-15-13-37(23-32(45)46)11-9-36(22-31(43)44)10-12-38(14-16-40)24-33(47)48;41-23-25-3-1-24-2-4-26(19-27(24)34-25)38-15-17-40(18-16-38)29(42)6-5-28(33(49)50)39-13-11-36(21-31(45)46)9-7-35(20-30(43)44)8-10-37(12-14-39)22-32(47)48;;;/h3-6,21,29H,2,7-20,22-24H2,1H3,(H,43,44)(H,45,46)(H,47,48)(H,49,50);1-4,19,28,41H,5-18,20-23H2,(H,43,44)(H,45,46)(H,47,48)(H,49,50);1H4;;/q;;;2*+3/p-2. The van der Waals surface area contributed by atoms with Gasteiger partial charge in [0.05, 0.1) is 61.5 Å². The number of carbonyl (C=O) groups excluding carboxylic acids is 4. The summed E-state index contributed by atoms with van der Waals surface area (Å²) in [7, 11) is 0. The number of carbonyl (C=O) groups is 10. The fourth-order valence-electron chi connectivity index (χ4n) is 13.0. The number of fused-ring (bicyclic) bond motifs is 2. The molecule has 8 rings (SSSR count). The molecule has 0 bridgehead atoms. The summed E-state index contributed by atoms with van der Waals surface area (Å²) in [4.78, 5) is 151. The molecule has 0 saturated carbocycles. The molecule has 0 aliphatic carbocycles. The van der Waals surface area contributed by atoms with Gasteiger partial charge in [-0.1, -0.05) is 38.6 Å². The minimum Gasteiger partial charge on any atom is -0.549 e. The molecule has 7 N–H and O–H groups in total. The van der Waals surface area contributed by atoms with E-state index in [1.807, 2.05) is 36.4 Å². The third kappa shape index (κ3) is 30.0. The molecule has 4 fully saturated rings. The van der Waals surface area contributed by atoms with Crippen molar-refractivity contribution in [1.82, 2.24) is 59.0 Å². The van der Waals surface area contributed by atoms with Crippen molar-refractivity contribution < 1.29 is 174 Å². The number of aromatic nitrogens is 2. The number of rotatable bonds is 26. The summed E-state index contributed by atoms with van der Waals surface area (Å²) in [6.07, 6.45) is 0.850. The molecule has 33 nitrogen and oxygen atoms in total. The molecule has 2 radical (unpaired) electrons. The zero-order chi connectivity index (χ0) is 72.4. The van der Waals surface area contributed by atoms with Crippen molar-refractivity contribution in [3.63, 3.8) is 0 Å². The molecule has 2 amide bonds. The monoisotopic (exact) mass is 1730 g/mol. The Morgan fingerprint density at radius 1 is 0.398 bits per heavy atom. The number of piperazine rings is 2. The van der Waals surface area contributed by atoms with Crippen molar-refractivity contribution in [2.45, 2.75) is 65.1 Å². The zero-order valence-electron chi connectivity index (χ0n) is 57.4. The Hall–Kier alpha value is -6.15. The number of hydrogen-bond acceptors (Lipinski definition) is 25. The van der Waals surface area contributed by atoms with E-state index >= 15 is 0 Å². The van der Waals surface area contributed by atoms with E-state index in [-0.39, 0.29) is 262 Å². The normalized spacial score (nSPS) is 18.1. The number of aliphatic hydroxyl groups excluding tert-OH is 1. The van der Waals surface area contributed by atoms with Crippen LogP contribution in [0.1, 0.15) is 51.4 Å². The van der Waals surface area contributed by atoms with Gasteiger partial charge in [-0.15, -0.1) is 0 Å². The van der Waals surface area contributed by atoms with Gasteiger partial charge in [0, 0.05) is 211 Å². The second-order valence-electron chi connectivity index (χ2n) is 25.4. The Labute approximate surface area is 663 Å². The fourth-order valence-corrected chi connectivity index (χ4v) is 13.0. The fraction of sp³-hybridized carbons (Fsp3) is 0.588. The number of carboxylic acids is 8. The molecular weight excluding hydrogens is 1630 g/mol. The number of pyridine rings is 2. The molecule has 2 atom stereocenters. The van der Waals surface area contributed by atoms with Crippen molar-refractivity contribution in [3.8, 4) is 0 Å². The van der Waals surface area contributed by atoms with Crippen LogP contribution in [0.4, 0.5) is 11.4 Å². The van der Waals surface area contributed by atoms with Gasteiger partial charge in [-0.3, -0.25) is 87.5 Å². The van der Waals surface area contributed by atoms with Gasteiger partial charge in [0.25, 0.3) is 0 Å². The van der Waals surface area contributed by atoms with Crippen molar-refractivity contribution in [2.24, 2.45) is 0 Å². The number of amides is 2. The summed E-state index contributed by atoms with van der Waals surface area (Å²) in [5.74, 6) is -9.53. The SMILES string of the molecule is C.CCc1ccc2ccc(N3CCN(C(=O)CCC(C(=O)O)N4CCN(CC(=O)[O-])CCN(CC(=O)O)CCN(CC(=O)O)CC4)CC3)cc2n1.O=C([O-])CN1CCN(CC(=O)O)CCN(CC(=O)O)CCN(C(CCC(=O)N2CCN(c3ccc4ccc(CO)nc4c3)CC2)C(=O)O)CC1.[Gd+3].[Gd+3]. The number of anilines is 2. The molecule has 4 aliphatic rings. The Morgan fingerprint density at radius 3 is 0.961 bits per heavy atom. The van der Waals surface area contributed by atoms with Gasteiger partial charge >= 0.3 is 116 Å². The molecule has 103 heavy (non-hydrogen) atoms. The van der Waals surface area contributed by atoms with E-state index in [1.165, 1.54) is 0 Å². The second-order valence-corrected chi connectivity index (χ2v) is 25.4. The van der Waals surface area contributed by atoms with Crippen LogP contribution in [0.3, 0.4) is 0 Å². The largest absolute Gasteiger partial charge is 3.00 e. The number of carboxylic acid groups (broad SMARTS) is 8. The maximum atomic E-state index is 13.3. The molecule has 0 spiro atoms. The van der Waals surface area contributed by atoms with Crippen LogP contribution in [0.25, 0.3) is 21.8 Å². The average Bonchev–Trinajstić information content (AvgIpc) is 0.815. The van der Waals surface area contributed by atoms with Gasteiger partial charge in [-0.25, -0.2) is 0 Å². The van der Waals surface area contributed by atoms with Crippen molar-refractivity contribution in [3.05, 3.63) is 72.1 Å². The summed E-state index contributed by atoms with van der Waals surface area (Å²) < 4.78 is 0. The summed E-state index contributed by atoms with van der Waals surface area (Å²) in [6.45, 7) is 6.89. The molecular formula is C68H98Gd2N14O19+4. The van der Waals surface area contributed by atoms with Crippen molar-refractivity contribution in [2.75, 3.05) is 206 Å². The van der Waals surface area contributed by atoms with Crippen LogP contribution in [0.2, 0.25) is 0 Å². The number of benzene rings is 2. The Morgan fingerprint density at radius 2 is 0.680 bits per heavy atom. The Kier molecular flexibility index (Phi) is 39.3. The van der Waals surface area contributed by atoms with Crippen LogP contribution in [0.15, 0.2) is 60.7 Å². The summed E-state index contributed by atoms with van der Waals surface area (Å²) in [5.41, 5.74) is 5.28. The third-order valence-corrected chi connectivity index (χ3v) is 18.6. The quantitative estimate of drug-likeness (QED) is 0.0334. The van der Waals surface area contributed by atoms with Gasteiger partial charge in [0.15, 0.2) is 0 Å². The maximum absolute atomic E-state index is 13.3. The van der Waals surface area contributed by atoms with E-state index in [4.69, 9.17) is 4.98 Å². The number of aliphatic carboxylic acids is 8. The molecule has 4 aliphatic heterocycles. The predicted octanol–water partition coefficient (Wildman–Crippen LogP) is -2.79. The van der Waals surface area contributed by atoms with Crippen LogP contribution in [-0.4, -0.2) is 363 Å². The molecule has 2 unspecified atom stereocenters. The smallest absolute Gasteiger partial charge is 0.549 e. The van der Waals surface area contributed by atoms with E-state index < -0.39 is 72.9 Å². The minimum absolute atomic E-state index is 0. The van der Waals surface area contributed by atoms with Gasteiger partial charge < -0.3 is 75.1 Å². The van der Waals surface area contributed by atoms with Crippen LogP contribution in [-0.2, 0) is 61.0 Å². The topological polar surface area (TPSA) is 423 Å². The van der Waals surface area contributed by atoms with Crippen LogP contribution in [0.5, 0.6) is 0 Å². The summed E-state index contributed by atoms with van der Waals surface area (Å²) in [6, 6.07) is 17.7. The summed E-state index contributed by atoms with van der Waals surface area (Å²) >= 11 is 0. The average molecular weight is 1730 g/mol. The first-order chi connectivity index (χ1) is 47.8. The molecule has 4 saturated heterocycles. The first kappa shape index (κ1) is 89.2. The van der Waals surface area contributed by atoms with Gasteiger partial charge in [-0.2, -0.15) is 0 Å². The van der Waals surface area contributed by atoms with E-state index in [2.05, 4.69) is 39.9 Å². The van der Waals surface area contributed by atoms with Gasteiger partial charge in [-0.05, 0) is 55.7 Å². The first-order valence-electron chi connectivity index (χ1n) is 33.8. The van der Waals surface area contributed by atoms with E-state index in [1.54, 1.807) is 55.1 Å². The third-order valence-electron chi connectivity index (χ3n) is 18.6. The molecule has 4 aromatic rings. The van der Waals surface area contributed by atoms with Gasteiger partial charge in [0.2, 0.25) is 11.8 Å². The number of aliphatic hydroxyl groups is 1. The Bertz CT molecular complexity index is 3180. The summed E-state index contributed by atoms with van der Waals surface area (Å²) in [5, 5.41) is 92.6. The van der Waals surface area contributed by atoms with Crippen LogP contribution < -0.4 is 20.0 Å². The molecule has 566 valence electrons. The zero-order valence-corrected chi connectivity index (χ0v) is 61.9. The maximum Gasteiger partial charge on any atom is 3.00 e. The number of hydrogen-bond donors (Lipinski definition) is 7. The van der Waals surface area contributed by atoms with Crippen LogP contribution in [0, 0.1) is 79.9 Å². The van der Waals surface area contributed by atoms with Crippen molar-refractivity contribution in [1.29, 1.82) is 0 Å². The van der Waals surface area contributed by atoms with Crippen LogP contribution >= 0.6 is 0 Å². The number of aryl methyl sites for hydroxylation is 1. The molecule has 6 heterocycles. The molecule has 35 heteroatoms. The van der Waals surface area contributed by atoms with E-state index in [0.717, 1.165) is 45.3 Å². The molecule has 2 aromatic heterocycles. The van der Waals surface area contributed by atoms with Crippen molar-refractivity contribution >= 4 is 92.7 Å². The first-order valence-corrected chi connectivity index (χ1v) is 33.8. The Balaban J connectivity index is 0.000000424. The second kappa shape index (κ2) is 45.4. The van der Waals surface area contributed by atoms with E-state index in [9.17, 15) is 93.9 Å². The van der Waals surface area contributed by atoms with E-state index in [0.29, 0.717) is 58.1 Å². The number of nitrogens with zero attached hydrogens (tertiary/aromatic N) is 14. The minimum atomic E-state index is -1.32. The molecule has 2 aromatic carbocycles. The van der Waals surface area contributed by atoms with Gasteiger partial charge in [0.1, 0.15) is 12.1 Å². The predicted molar refractivity (Wildman–Crippen MR) is 367 cm³/mol.